The summed E-state index contributed by atoms with van der Waals surface area (Å²) in [7, 11) is 2.21. The maximum absolute atomic E-state index is 2.62. The highest BCUT2D eigenvalue weighted by Crippen LogP contribution is 2.22. The molecular formula is C41H87N5. The summed E-state index contributed by atoms with van der Waals surface area (Å²) in [5.41, 5.74) is 2.04. The van der Waals surface area contributed by atoms with Crippen LogP contribution in [0.2, 0.25) is 0 Å². The highest BCUT2D eigenvalue weighted by atomic mass is 15.2. The Bertz CT molecular complexity index is 714. The SMILES string of the molecule is CC(C)(C)CCN1CCC1.CC(C)(C)CCN1CCCC1.CC(C)(C)CCN1CCCCC1.CN1CCN(CCC(C)(C)C)CC1. The summed E-state index contributed by atoms with van der Waals surface area (Å²) in [6.45, 7) is 46.1. The Morgan fingerprint density at radius 2 is 0.543 bits per heavy atom. The van der Waals surface area contributed by atoms with Gasteiger partial charge in [0.2, 0.25) is 0 Å². The van der Waals surface area contributed by atoms with Gasteiger partial charge in [0.1, 0.15) is 0 Å². The summed E-state index contributed by atoms with van der Waals surface area (Å²) in [4.78, 5) is 12.7. The van der Waals surface area contributed by atoms with Gasteiger partial charge in [-0.1, -0.05) is 89.5 Å². The van der Waals surface area contributed by atoms with Gasteiger partial charge < -0.3 is 24.5 Å². The summed E-state index contributed by atoms with van der Waals surface area (Å²) in [6.07, 6.45) is 13.9. The average Bonchev–Trinajstić information content (AvgIpc) is 3.44. The van der Waals surface area contributed by atoms with Crippen LogP contribution in [0.1, 0.15) is 147 Å². The van der Waals surface area contributed by atoms with Crippen LogP contribution in [0.3, 0.4) is 0 Å². The van der Waals surface area contributed by atoms with E-state index in [0.717, 1.165) is 0 Å². The second kappa shape index (κ2) is 21.8. The first-order valence-corrected chi connectivity index (χ1v) is 19.8. The van der Waals surface area contributed by atoms with Crippen LogP contribution in [0.15, 0.2) is 0 Å². The summed E-state index contributed by atoms with van der Waals surface area (Å²) >= 11 is 0. The minimum atomic E-state index is 0.489. The van der Waals surface area contributed by atoms with Gasteiger partial charge in [0.25, 0.3) is 0 Å². The van der Waals surface area contributed by atoms with Crippen LogP contribution in [0.5, 0.6) is 0 Å². The molecule has 5 heteroatoms. The highest BCUT2D eigenvalue weighted by molar-refractivity contribution is 4.74. The van der Waals surface area contributed by atoms with E-state index < -0.39 is 0 Å². The molecule has 0 aromatic heterocycles. The third-order valence-electron chi connectivity index (χ3n) is 9.90. The maximum Gasteiger partial charge on any atom is 0.0110 e. The largest absolute Gasteiger partial charge is 0.304 e. The molecule has 4 rings (SSSR count). The molecule has 4 aliphatic rings. The molecule has 276 valence electrons. The number of likely N-dealkylation sites (N-methyl/N-ethyl adjacent to an activating group) is 1. The second-order valence-electron chi connectivity index (χ2n) is 20.0. The molecule has 4 saturated heterocycles. The van der Waals surface area contributed by atoms with E-state index in [9.17, 15) is 0 Å². The van der Waals surface area contributed by atoms with E-state index in [1.807, 2.05) is 0 Å². The normalized spacial score (nSPS) is 21.3. The topological polar surface area (TPSA) is 16.2 Å². The van der Waals surface area contributed by atoms with Crippen LogP contribution in [0, 0.1) is 21.7 Å². The molecule has 0 aromatic rings. The molecular weight excluding hydrogens is 562 g/mol. The zero-order valence-electron chi connectivity index (χ0n) is 34.2. The van der Waals surface area contributed by atoms with Gasteiger partial charge in [0.05, 0.1) is 0 Å². The monoisotopic (exact) mass is 650 g/mol. The van der Waals surface area contributed by atoms with Crippen molar-refractivity contribution in [1.29, 1.82) is 0 Å². The third kappa shape index (κ3) is 26.7. The van der Waals surface area contributed by atoms with Crippen molar-refractivity contribution >= 4 is 0 Å². The minimum Gasteiger partial charge on any atom is -0.304 e. The Morgan fingerprint density at radius 1 is 0.304 bits per heavy atom. The molecule has 4 fully saturated rings. The lowest BCUT2D eigenvalue weighted by Gasteiger charge is -2.33. The molecule has 0 N–H and O–H groups in total. The Hall–Kier alpha value is -0.200. The van der Waals surface area contributed by atoms with Crippen molar-refractivity contribution in [3.05, 3.63) is 0 Å². The molecule has 46 heavy (non-hydrogen) atoms. The molecule has 0 amide bonds. The minimum absolute atomic E-state index is 0.489. The van der Waals surface area contributed by atoms with Gasteiger partial charge in [-0.25, -0.2) is 0 Å². The summed E-state index contributed by atoms with van der Waals surface area (Å²) < 4.78 is 0. The fourth-order valence-corrected chi connectivity index (χ4v) is 5.84. The lowest BCUT2D eigenvalue weighted by molar-refractivity contribution is 0.139. The average molecular weight is 650 g/mol. The van der Waals surface area contributed by atoms with Gasteiger partial charge in [-0.2, -0.15) is 0 Å². The third-order valence-corrected chi connectivity index (χ3v) is 9.90. The van der Waals surface area contributed by atoms with Gasteiger partial charge in [-0.05, 0) is 152 Å². The number of nitrogens with zero attached hydrogens (tertiary/aromatic N) is 5. The fourth-order valence-electron chi connectivity index (χ4n) is 5.84. The van der Waals surface area contributed by atoms with Crippen LogP contribution >= 0.6 is 0 Å². The van der Waals surface area contributed by atoms with Crippen molar-refractivity contribution < 1.29 is 0 Å². The van der Waals surface area contributed by atoms with Crippen molar-refractivity contribution in [2.45, 2.75) is 147 Å². The lowest BCUT2D eigenvalue weighted by Crippen LogP contribution is -2.45. The van der Waals surface area contributed by atoms with Gasteiger partial charge in [-0.3, -0.25) is 0 Å². The Morgan fingerprint density at radius 3 is 0.783 bits per heavy atom. The lowest BCUT2D eigenvalue weighted by atomic mass is 9.91. The molecule has 5 nitrogen and oxygen atoms in total. The van der Waals surface area contributed by atoms with Gasteiger partial charge in [0.15, 0.2) is 0 Å². The zero-order chi connectivity index (χ0) is 34.9. The van der Waals surface area contributed by atoms with E-state index in [1.54, 1.807) is 0 Å². The molecule has 0 atom stereocenters. The number of likely N-dealkylation sites (tertiary alicyclic amines) is 3. The molecule has 0 spiro atoms. The quantitative estimate of drug-likeness (QED) is 0.260. The Balaban J connectivity index is 0.000000308. The van der Waals surface area contributed by atoms with Crippen LogP contribution in [-0.4, -0.2) is 123 Å². The smallest absolute Gasteiger partial charge is 0.0110 e. The summed E-state index contributed by atoms with van der Waals surface area (Å²) in [5.74, 6) is 0. The first-order valence-electron chi connectivity index (χ1n) is 19.8. The summed E-state index contributed by atoms with van der Waals surface area (Å²) in [6, 6.07) is 0. The molecule has 0 radical (unpaired) electrons. The molecule has 4 heterocycles. The second-order valence-corrected chi connectivity index (χ2v) is 20.0. The zero-order valence-corrected chi connectivity index (χ0v) is 34.2. The number of hydrogen-bond donors (Lipinski definition) is 0. The molecule has 0 saturated carbocycles. The standard InChI is InChI=1S/C11H24N2.C11H23N.C10H21N.C9H19N/c1-11(2,3)5-6-13-9-7-12(4)8-10-13;1-11(2,3)7-10-12-8-5-4-6-9-12;1-10(2,3)6-9-11-7-4-5-8-11;1-9(2,3)5-8-10-6-4-7-10/h5-10H2,1-4H3;4-10H2,1-3H3;4-9H2,1-3H3;4-8H2,1-3H3. The number of piperidine rings is 1. The first kappa shape index (κ1) is 43.8. The number of hydrogen-bond acceptors (Lipinski definition) is 5. The molecule has 0 bridgehead atoms. The van der Waals surface area contributed by atoms with Crippen LogP contribution in [-0.2, 0) is 0 Å². The van der Waals surface area contributed by atoms with E-state index in [4.69, 9.17) is 0 Å². The number of rotatable bonds is 8. The van der Waals surface area contributed by atoms with Crippen molar-refractivity contribution in [2.75, 3.05) is 98.7 Å². The van der Waals surface area contributed by atoms with Crippen LogP contribution in [0.4, 0.5) is 0 Å². The van der Waals surface area contributed by atoms with Crippen molar-refractivity contribution in [3.8, 4) is 0 Å². The Labute approximate surface area is 291 Å². The van der Waals surface area contributed by atoms with Crippen molar-refractivity contribution in [2.24, 2.45) is 21.7 Å². The van der Waals surface area contributed by atoms with E-state index in [0.29, 0.717) is 21.7 Å². The predicted octanol–water partition coefficient (Wildman–Crippen LogP) is 9.23. The highest BCUT2D eigenvalue weighted by Gasteiger charge is 2.19. The molecule has 4 aliphatic heterocycles. The van der Waals surface area contributed by atoms with E-state index in [-0.39, 0.29) is 0 Å². The van der Waals surface area contributed by atoms with Gasteiger partial charge >= 0.3 is 0 Å². The molecule has 0 aliphatic carbocycles. The van der Waals surface area contributed by atoms with E-state index >= 15 is 0 Å². The van der Waals surface area contributed by atoms with Gasteiger partial charge in [0, 0.05) is 26.2 Å². The fraction of sp³-hybridized carbons (Fsp3) is 1.00. The maximum atomic E-state index is 2.62. The van der Waals surface area contributed by atoms with E-state index in [2.05, 4.69) is 115 Å². The molecule has 0 aromatic carbocycles. The van der Waals surface area contributed by atoms with Crippen LogP contribution in [0.25, 0.3) is 0 Å². The first-order chi connectivity index (χ1) is 21.2. The number of piperazine rings is 1. The molecule has 0 unspecified atom stereocenters. The van der Waals surface area contributed by atoms with Gasteiger partial charge in [-0.15, -0.1) is 0 Å². The summed E-state index contributed by atoms with van der Waals surface area (Å²) in [5, 5.41) is 0. The van der Waals surface area contributed by atoms with Crippen molar-refractivity contribution in [3.63, 3.8) is 0 Å². The Kier molecular flexibility index (Phi) is 20.8. The van der Waals surface area contributed by atoms with Crippen molar-refractivity contribution in [1.82, 2.24) is 24.5 Å². The van der Waals surface area contributed by atoms with Crippen LogP contribution < -0.4 is 0 Å². The van der Waals surface area contributed by atoms with E-state index in [1.165, 1.54) is 156 Å². The predicted molar refractivity (Wildman–Crippen MR) is 207 cm³/mol.